The quantitative estimate of drug-likeness (QED) is 0.780. The highest BCUT2D eigenvalue weighted by molar-refractivity contribution is 6.30. The normalized spacial score (nSPS) is 18.2. The van der Waals surface area contributed by atoms with Crippen LogP contribution in [0.5, 0.6) is 0 Å². The molecule has 1 aliphatic carbocycles. The number of hydrogen-bond acceptors (Lipinski definition) is 2. The minimum Gasteiger partial charge on any atom is -0.304 e. The molecule has 0 atom stereocenters. The molecule has 1 aliphatic rings. The summed E-state index contributed by atoms with van der Waals surface area (Å²) in [5, 5.41) is 0.788. The maximum absolute atomic E-state index is 5.91. The van der Waals surface area contributed by atoms with Crippen molar-refractivity contribution >= 4 is 11.6 Å². The first-order valence-electron chi connectivity index (χ1n) is 4.76. The maximum atomic E-state index is 5.91. The van der Waals surface area contributed by atoms with Crippen molar-refractivity contribution in [1.82, 2.24) is 0 Å². The van der Waals surface area contributed by atoms with E-state index in [1.807, 2.05) is 12.1 Å². The molecular weight excluding hydrogens is 198 g/mol. The maximum Gasteiger partial charge on any atom is 0.0776 e. The van der Waals surface area contributed by atoms with Gasteiger partial charge in [-0.2, -0.15) is 0 Å². The van der Waals surface area contributed by atoms with Crippen LogP contribution in [0.3, 0.4) is 0 Å². The summed E-state index contributed by atoms with van der Waals surface area (Å²) in [4.78, 5) is 4.78. The molecular formula is C11H14ClNO. The molecule has 2 rings (SSSR count). The smallest absolute Gasteiger partial charge is 0.0776 e. The number of halogens is 1. The van der Waals surface area contributed by atoms with Crippen LogP contribution in [-0.2, 0) is 10.3 Å². The monoisotopic (exact) mass is 211 g/mol. The molecule has 2 nitrogen and oxygen atoms in total. The Bertz CT molecular complexity index is 347. The van der Waals surface area contributed by atoms with E-state index in [1.165, 1.54) is 11.1 Å². The average molecular weight is 212 g/mol. The van der Waals surface area contributed by atoms with Crippen molar-refractivity contribution in [2.75, 3.05) is 6.61 Å². The molecule has 1 aromatic rings. The summed E-state index contributed by atoms with van der Waals surface area (Å²) in [6.07, 6.45) is 2.32. The van der Waals surface area contributed by atoms with Gasteiger partial charge in [0, 0.05) is 10.4 Å². The van der Waals surface area contributed by atoms with Crippen LogP contribution in [0.4, 0.5) is 0 Å². The lowest BCUT2D eigenvalue weighted by molar-refractivity contribution is 0.116. The third kappa shape index (κ3) is 1.65. The summed E-state index contributed by atoms with van der Waals surface area (Å²) in [7, 11) is 0. The first kappa shape index (κ1) is 9.97. The van der Waals surface area contributed by atoms with E-state index in [0.29, 0.717) is 6.61 Å². The van der Waals surface area contributed by atoms with E-state index < -0.39 is 0 Å². The highest BCUT2D eigenvalue weighted by Gasteiger charge is 2.45. The zero-order chi connectivity index (χ0) is 10.2. The molecule has 3 heteroatoms. The summed E-state index contributed by atoms with van der Waals surface area (Å²) in [6, 6.07) is 6.01. The minimum absolute atomic E-state index is 0.170. The fourth-order valence-electron chi connectivity index (χ4n) is 2.02. The SMILES string of the molecule is Cc1cc(Cl)ccc1C1(CON)CC1. The third-order valence-corrected chi connectivity index (χ3v) is 3.21. The van der Waals surface area contributed by atoms with Gasteiger partial charge in [0.25, 0.3) is 0 Å². The molecule has 0 saturated heterocycles. The second kappa shape index (κ2) is 3.54. The van der Waals surface area contributed by atoms with Crippen molar-refractivity contribution in [1.29, 1.82) is 0 Å². The van der Waals surface area contributed by atoms with Crippen molar-refractivity contribution < 1.29 is 4.84 Å². The van der Waals surface area contributed by atoms with E-state index in [0.717, 1.165) is 17.9 Å². The molecule has 1 saturated carbocycles. The Morgan fingerprint density at radius 2 is 2.21 bits per heavy atom. The Labute approximate surface area is 89.0 Å². The standard InChI is InChI=1S/C11H14ClNO/c1-8-6-9(12)2-3-10(8)11(4-5-11)7-14-13/h2-3,6H,4-5,7,13H2,1H3. The molecule has 1 fully saturated rings. The highest BCUT2D eigenvalue weighted by atomic mass is 35.5. The Morgan fingerprint density at radius 1 is 1.50 bits per heavy atom. The lowest BCUT2D eigenvalue weighted by Crippen LogP contribution is -2.19. The molecule has 76 valence electrons. The van der Waals surface area contributed by atoms with Gasteiger partial charge in [0.2, 0.25) is 0 Å². The van der Waals surface area contributed by atoms with Gasteiger partial charge in [0.1, 0.15) is 0 Å². The first-order chi connectivity index (χ1) is 6.68. The van der Waals surface area contributed by atoms with Crippen LogP contribution in [0.25, 0.3) is 0 Å². The van der Waals surface area contributed by atoms with Gasteiger partial charge >= 0.3 is 0 Å². The van der Waals surface area contributed by atoms with Crippen LogP contribution in [-0.4, -0.2) is 6.61 Å². The van der Waals surface area contributed by atoms with Crippen molar-refractivity contribution in [2.45, 2.75) is 25.2 Å². The molecule has 0 unspecified atom stereocenters. The second-order valence-electron chi connectivity index (χ2n) is 4.05. The molecule has 0 aliphatic heterocycles. The Morgan fingerprint density at radius 3 is 2.71 bits per heavy atom. The van der Waals surface area contributed by atoms with Crippen molar-refractivity contribution in [3.05, 3.63) is 34.3 Å². The Kier molecular flexibility index (Phi) is 2.52. The Hall–Kier alpha value is -0.570. The van der Waals surface area contributed by atoms with Gasteiger partial charge in [0.15, 0.2) is 0 Å². The number of aryl methyl sites for hydroxylation is 1. The van der Waals surface area contributed by atoms with Crippen LogP contribution in [0.15, 0.2) is 18.2 Å². The summed E-state index contributed by atoms with van der Waals surface area (Å²) in [5.74, 6) is 5.15. The van der Waals surface area contributed by atoms with Crippen LogP contribution >= 0.6 is 11.6 Å². The molecule has 0 heterocycles. The fourth-order valence-corrected chi connectivity index (χ4v) is 2.25. The summed E-state index contributed by atoms with van der Waals surface area (Å²) in [5.41, 5.74) is 2.73. The van der Waals surface area contributed by atoms with Crippen molar-refractivity contribution in [2.24, 2.45) is 5.90 Å². The molecule has 2 N–H and O–H groups in total. The lowest BCUT2D eigenvalue weighted by Gasteiger charge is -2.16. The van der Waals surface area contributed by atoms with Gasteiger partial charge in [-0.25, -0.2) is 5.90 Å². The topological polar surface area (TPSA) is 35.2 Å². The Balaban J connectivity index is 2.32. The summed E-state index contributed by atoms with van der Waals surface area (Å²) < 4.78 is 0. The third-order valence-electron chi connectivity index (χ3n) is 2.97. The number of nitrogens with two attached hydrogens (primary N) is 1. The predicted octanol–water partition coefficient (Wildman–Crippen LogP) is 2.57. The summed E-state index contributed by atoms with van der Waals surface area (Å²) >= 11 is 5.91. The fraction of sp³-hybridized carbons (Fsp3) is 0.455. The van der Waals surface area contributed by atoms with E-state index in [2.05, 4.69) is 13.0 Å². The zero-order valence-corrected chi connectivity index (χ0v) is 8.97. The molecule has 0 amide bonds. The van der Waals surface area contributed by atoms with Crippen molar-refractivity contribution in [3.63, 3.8) is 0 Å². The van der Waals surface area contributed by atoms with Crippen LogP contribution in [0, 0.1) is 6.92 Å². The van der Waals surface area contributed by atoms with E-state index >= 15 is 0 Å². The van der Waals surface area contributed by atoms with Gasteiger partial charge in [-0.05, 0) is 43.0 Å². The molecule has 0 aromatic heterocycles. The van der Waals surface area contributed by atoms with Gasteiger partial charge in [-0.1, -0.05) is 17.7 Å². The van der Waals surface area contributed by atoms with Gasteiger partial charge < -0.3 is 4.84 Å². The zero-order valence-electron chi connectivity index (χ0n) is 8.22. The highest BCUT2D eigenvalue weighted by Crippen LogP contribution is 2.49. The van der Waals surface area contributed by atoms with Gasteiger partial charge in [-0.15, -0.1) is 0 Å². The average Bonchev–Trinajstić information content (AvgIpc) is 2.86. The van der Waals surface area contributed by atoms with Crippen LogP contribution in [0.2, 0.25) is 5.02 Å². The van der Waals surface area contributed by atoms with E-state index in [-0.39, 0.29) is 5.41 Å². The first-order valence-corrected chi connectivity index (χ1v) is 5.14. The van der Waals surface area contributed by atoms with Gasteiger partial charge in [0.05, 0.1) is 6.61 Å². The van der Waals surface area contributed by atoms with Crippen LogP contribution < -0.4 is 5.90 Å². The number of benzene rings is 1. The summed E-state index contributed by atoms with van der Waals surface area (Å²) in [6.45, 7) is 2.69. The largest absolute Gasteiger partial charge is 0.304 e. The van der Waals surface area contributed by atoms with E-state index in [4.69, 9.17) is 22.3 Å². The van der Waals surface area contributed by atoms with Crippen LogP contribution in [0.1, 0.15) is 24.0 Å². The van der Waals surface area contributed by atoms with E-state index in [9.17, 15) is 0 Å². The second-order valence-corrected chi connectivity index (χ2v) is 4.49. The number of rotatable bonds is 3. The molecule has 0 spiro atoms. The molecule has 14 heavy (non-hydrogen) atoms. The predicted molar refractivity (Wildman–Crippen MR) is 57.2 cm³/mol. The van der Waals surface area contributed by atoms with Crippen molar-refractivity contribution in [3.8, 4) is 0 Å². The minimum atomic E-state index is 0.170. The molecule has 0 bridgehead atoms. The lowest BCUT2D eigenvalue weighted by atomic mass is 9.93. The number of hydrogen-bond donors (Lipinski definition) is 1. The molecule has 0 radical (unpaired) electrons. The van der Waals surface area contributed by atoms with Gasteiger partial charge in [-0.3, -0.25) is 0 Å². The van der Waals surface area contributed by atoms with E-state index in [1.54, 1.807) is 0 Å². The molecule has 1 aromatic carbocycles.